The van der Waals surface area contributed by atoms with Gasteiger partial charge in [-0.25, -0.2) is 4.79 Å². The molecule has 58 heavy (non-hydrogen) atoms. The molecule has 0 radical (unpaired) electrons. The van der Waals surface area contributed by atoms with Gasteiger partial charge >= 0.3 is 5.97 Å². The predicted molar refractivity (Wildman–Crippen MR) is 209 cm³/mol. The summed E-state index contributed by atoms with van der Waals surface area (Å²) in [7, 11) is 0. The standard InChI is InChI=1S/C38H64N10O10/c1-22(35(54)46-18-8-14-29(46)33(52)45-27(38(57)58)11-4-6-16-40)43-32(51)28-13-9-19-47(28)37(56)26(10-3-5-15-39)44-34(53)30-20-24(49)21-48(30)36(55)23(2)42-31(50)25-12-7-17-41-25/h22-30,41,49H,3-21,39-40H2,1-2H3,(H,42,50)(H,43,51)(H,44,53)(H,45,52)(H,57,58)/t22-,23-,24+,25-,26-,27-,28-,29-,30-/m0/s1. The molecule has 4 aliphatic heterocycles. The number of unbranched alkanes of at least 4 members (excludes halogenated alkanes) is 2. The predicted octanol–water partition coefficient (Wildman–Crippen LogP) is -3.00. The van der Waals surface area contributed by atoms with E-state index < -0.39 is 95.9 Å². The van der Waals surface area contributed by atoms with Crippen LogP contribution in [-0.4, -0.2) is 166 Å². The van der Waals surface area contributed by atoms with Crippen LogP contribution in [-0.2, 0) is 38.4 Å². The summed E-state index contributed by atoms with van der Waals surface area (Å²) in [6.07, 6.45) is 4.57. The Morgan fingerprint density at radius 3 is 1.69 bits per heavy atom. The molecule has 0 bridgehead atoms. The molecule has 0 aliphatic carbocycles. The normalized spacial score (nSPS) is 25.1. The molecule has 9 atom stereocenters. The summed E-state index contributed by atoms with van der Waals surface area (Å²) in [6.45, 7) is 4.77. The van der Waals surface area contributed by atoms with Crippen molar-refractivity contribution in [2.45, 2.75) is 152 Å². The van der Waals surface area contributed by atoms with Crippen molar-refractivity contribution < 1.29 is 48.6 Å². The van der Waals surface area contributed by atoms with Crippen molar-refractivity contribution in [1.82, 2.24) is 41.3 Å². The first-order chi connectivity index (χ1) is 27.7. The lowest BCUT2D eigenvalue weighted by molar-refractivity contribution is -0.146. The Hall–Kier alpha value is -4.40. The van der Waals surface area contributed by atoms with Crippen LogP contribution in [0.1, 0.15) is 97.3 Å². The number of β-amino-alcohol motifs (C(OH)–C–C–N with tert-alkyl or cyclic N) is 1. The van der Waals surface area contributed by atoms with Crippen molar-refractivity contribution >= 4 is 47.3 Å². The van der Waals surface area contributed by atoms with E-state index >= 15 is 0 Å². The van der Waals surface area contributed by atoms with E-state index in [2.05, 4.69) is 26.6 Å². The van der Waals surface area contributed by atoms with E-state index in [1.807, 2.05) is 0 Å². The van der Waals surface area contributed by atoms with Gasteiger partial charge in [0.1, 0.15) is 42.3 Å². The number of nitrogens with two attached hydrogens (primary N) is 2. The van der Waals surface area contributed by atoms with E-state index in [-0.39, 0.29) is 44.8 Å². The Balaban J connectivity index is 1.39. The average molecular weight is 821 g/mol. The van der Waals surface area contributed by atoms with Crippen molar-refractivity contribution in [2.75, 3.05) is 39.3 Å². The highest BCUT2D eigenvalue weighted by atomic mass is 16.4. The zero-order valence-electron chi connectivity index (χ0n) is 33.8. The lowest BCUT2D eigenvalue weighted by atomic mass is 10.1. The minimum Gasteiger partial charge on any atom is -0.480 e. The number of carboxylic acids is 1. The van der Waals surface area contributed by atoms with Crippen LogP contribution in [0, 0.1) is 0 Å². The second-order valence-electron chi connectivity index (χ2n) is 15.9. The summed E-state index contributed by atoms with van der Waals surface area (Å²) < 4.78 is 0. The van der Waals surface area contributed by atoms with Gasteiger partial charge in [-0.05, 0) is 111 Å². The molecule has 4 heterocycles. The SMILES string of the molecule is C[C@H](NC(=O)[C@@H]1CCCN1)C(=O)N1C[C@H](O)C[C@H]1C(=O)N[C@@H](CCCCN)C(=O)N1CCC[C@H]1C(=O)N[C@@H](C)C(=O)N1CCC[C@H]1C(=O)N[C@@H](CCCCN)C(=O)O. The molecule has 326 valence electrons. The van der Waals surface area contributed by atoms with Crippen molar-refractivity contribution in [1.29, 1.82) is 0 Å². The van der Waals surface area contributed by atoms with Crippen LogP contribution in [0.25, 0.3) is 0 Å². The number of hydrogen-bond donors (Lipinski definition) is 9. The average Bonchev–Trinajstić information content (AvgIpc) is 4.03. The molecule has 0 unspecified atom stereocenters. The van der Waals surface area contributed by atoms with Crippen molar-refractivity contribution in [2.24, 2.45) is 11.5 Å². The summed E-state index contributed by atoms with van der Waals surface area (Å²) in [5.41, 5.74) is 11.2. The first kappa shape index (κ1) is 46.3. The second-order valence-corrected chi connectivity index (χ2v) is 15.9. The number of carbonyl (C=O) groups excluding carboxylic acids is 7. The quantitative estimate of drug-likeness (QED) is 0.0555. The van der Waals surface area contributed by atoms with Crippen LogP contribution in [0.3, 0.4) is 0 Å². The Kier molecular flexibility index (Phi) is 17.6. The van der Waals surface area contributed by atoms with Gasteiger partial charge in [0.25, 0.3) is 0 Å². The van der Waals surface area contributed by atoms with Crippen molar-refractivity contribution in [3.05, 3.63) is 0 Å². The number of carbonyl (C=O) groups is 8. The Morgan fingerprint density at radius 2 is 1.14 bits per heavy atom. The molecule has 0 spiro atoms. The van der Waals surface area contributed by atoms with Gasteiger partial charge in [-0.2, -0.15) is 0 Å². The molecule has 20 heteroatoms. The number of hydrogen-bond acceptors (Lipinski definition) is 12. The maximum absolute atomic E-state index is 14.2. The zero-order valence-corrected chi connectivity index (χ0v) is 33.8. The van der Waals surface area contributed by atoms with Gasteiger partial charge in [0.05, 0.1) is 12.1 Å². The fourth-order valence-electron chi connectivity index (χ4n) is 8.30. The molecule has 0 aromatic rings. The lowest BCUT2D eigenvalue weighted by Crippen LogP contribution is -2.59. The van der Waals surface area contributed by atoms with Crippen LogP contribution in [0.2, 0.25) is 0 Å². The van der Waals surface area contributed by atoms with E-state index in [0.29, 0.717) is 77.4 Å². The van der Waals surface area contributed by atoms with Gasteiger partial charge in [0.15, 0.2) is 0 Å². The molecule has 20 nitrogen and oxygen atoms in total. The Morgan fingerprint density at radius 1 is 0.638 bits per heavy atom. The summed E-state index contributed by atoms with van der Waals surface area (Å²) in [5, 5.41) is 34.0. The Labute approximate surface area is 339 Å². The largest absolute Gasteiger partial charge is 0.480 e. The highest BCUT2D eigenvalue weighted by Crippen LogP contribution is 2.24. The third-order valence-corrected chi connectivity index (χ3v) is 11.5. The smallest absolute Gasteiger partial charge is 0.326 e. The van der Waals surface area contributed by atoms with Gasteiger partial charge in [-0.3, -0.25) is 33.6 Å². The number of nitrogens with one attached hydrogen (secondary N) is 5. The van der Waals surface area contributed by atoms with Gasteiger partial charge in [0, 0.05) is 26.1 Å². The monoisotopic (exact) mass is 820 g/mol. The fraction of sp³-hybridized carbons (Fsp3) is 0.789. The molecular weight excluding hydrogens is 756 g/mol. The molecule has 4 aliphatic rings. The number of aliphatic hydroxyl groups excluding tert-OH is 1. The van der Waals surface area contributed by atoms with Gasteiger partial charge in [-0.1, -0.05) is 0 Å². The number of aliphatic carboxylic acids is 1. The lowest BCUT2D eigenvalue weighted by Gasteiger charge is -2.32. The van der Waals surface area contributed by atoms with E-state index in [4.69, 9.17) is 11.5 Å². The van der Waals surface area contributed by atoms with Gasteiger partial charge < -0.3 is 63.0 Å². The third-order valence-electron chi connectivity index (χ3n) is 11.5. The van der Waals surface area contributed by atoms with Gasteiger partial charge in [0.2, 0.25) is 41.4 Å². The number of carboxylic acid groups (broad SMARTS) is 1. The number of rotatable bonds is 20. The molecule has 0 aromatic carbocycles. The van der Waals surface area contributed by atoms with Crippen molar-refractivity contribution in [3.8, 4) is 0 Å². The summed E-state index contributed by atoms with van der Waals surface area (Å²) >= 11 is 0. The zero-order chi connectivity index (χ0) is 42.5. The fourth-order valence-corrected chi connectivity index (χ4v) is 8.30. The molecule has 11 N–H and O–H groups in total. The van der Waals surface area contributed by atoms with E-state index in [1.54, 1.807) is 0 Å². The van der Waals surface area contributed by atoms with Crippen LogP contribution >= 0.6 is 0 Å². The minimum absolute atomic E-state index is 0.0682. The number of aliphatic hydroxyl groups is 1. The van der Waals surface area contributed by atoms with Gasteiger partial charge in [-0.15, -0.1) is 0 Å². The van der Waals surface area contributed by atoms with Crippen LogP contribution in [0.15, 0.2) is 0 Å². The van der Waals surface area contributed by atoms with Crippen molar-refractivity contribution in [3.63, 3.8) is 0 Å². The first-order valence-corrected chi connectivity index (χ1v) is 20.9. The molecule has 4 saturated heterocycles. The van der Waals surface area contributed by atoms with E-state index in [1.165, 1.54) is 28.5 Å². The molecular formula is C38H64N10O10. The van der Waals surface area contributed by atoms with E-state index in [9.17, 15) is 48.6 Å². The molecule has 4 rings (SSSR count). The summed E-state index contributed by atoms with van der Waals surface area (Å²) in [6, 6.07) is -7.63. The maximum Gasteiger partial charge on any atom is 0.326 e. The number of likely N-dealkylation sites (tertiary alicyclic amines) is 3. The maximum atomic E-state index is 14.2. The third kappa shape index (κ3) is 12.1. The van der Waals surface area contributed by atoms with Crippen LogP contribution < -0.4 is 38.1 Å². The molecule has 7 amide bonds. The number of amides is 7. The Bertz CT molecular complexity index is 1490. The summed E-state index contributed by atoms with van der Waals surface area (Å²) in [5.74, 6) is -4.90. The molecule has 0 saturated carbocycles. The topological polar surface area (TPSA) is 299 Å². The second kappa shape index (κ2) is 22.1. The molecule has 4 fully saturated rings. The molecule has 0 aromatic heterocycles. The van der Waals surface area contributed by atoms with Crippen LogP contribution in [0.4, 0.5) is 0 Å². The number of nitrogens with zero attached hydrogens (tertiary/aromatic N) is 3. The first-order valence-electron chi connectivity index (χ1n) is 20.9. The summed E-state index contributed by atoms with van der Waals surface area (Å²) in [4.78, 5) is 110. The van der Waals surface area contributed by atoms with Crippen LogP contribution in [0.5, 0.6) is 0 Å². The van der Waals surface area contributed by atoms with E-state index in [0.717, 1.165) is 6.42 Å². The highest BCUT2D eigenvalue weighted by Gasteiger charge is 2.44. The highest BCUT2D eigenvalue weighted by molar-refractivity contribution is 5.98. The minimum atomic E-state index is -1.18.